The molecule has 0 saturated carbocycles. The smallest absolute Gasteiger partial charge is 0.237 e. The van der Waals surface area contributed by atoms with Crippen molar-refractivity contribution in [2.45, 2.75) is 31.9 Å². The number of nitrogens with one attached hydrogen (secondary N) is 1. The van der Waals surface area contributed by atoms with Crippen molar-refractivity contribution in [3.63, 3.8) is 0 Å². The topological polar surface area (TPSA) is 98.5 Å². The quantitative estimate of drug-likeness (QED) is 0.691. The average molecular weight is 346 g/mol. The fraction of sp³-hybridized carbons (Fsp3) is 0.533. The van der Waals surface area contributed by atoms with Gasteiger partial charge in [-0.3, -0.25) is 4.79 Å². The van der Waals surface area contributed by atoms with E-state index in [1.165, 1.54) is 18.2 Å². The highest BCUT2D eigenvalue weighted by atomic mass is 32.2. The molecule has 0 aromatic heterocycles. The van der Waals surface area contributed by atoms with Crippen LogP contribution in [0.5, 0.6) is 5.75 Å². The minimum atomic E-state index is -3.15. The van der Waals surface area contributed by atoms with E-state index in [2.05, 4.69) is 5.32 Å². The normalized spacial score (nSPS) is 14.1. The number of ether oxygens (including phenoxy) is 1. The van der Waals surface area contributed by atoms with Gasteiger partial charge in [0, 0.05) is 12.3 Å². The van der Waals surface area contributed by atoms with E-state index in [1.54, 1.807) is 6.07 Å². The first-order valence-electron chi connectivity index (χ1n) is 7.34. The Balaban J connectivity index is 2.45. The molecule has 0 fully saturated rings. The Morgan fingerprint density at radius 2 is 2.13 bits per heavy atom. The molecule has 2 atom stereocenters. The van der Waals surface area contributed by atoms with E-state index in [1.807, 2.05) is 6.92 Å². The molecule has 0 bridgehead atoms. The molecule has 23 heavy (non-hydrogen) atoms. The Bertz CT molecular complexity index is 622. The van der Waals surface area contributed by atoms with Crippen LogP contribution in [0.25, 0.3) is 0 Å². The van der Waals surface area contributed by atoms with E-state index in [9.17, 15) is 17.6 Å². The molecule has 2 unspecified atom stereocenters. The first kappa shape index (κ1) is 19.4. The number of sulfone groups is 1. The average Bonchev–Trinajstić information content (AvgIpc) is 2.47. The molecular formula is C15H23FN2O4S. The highest BCUT2D eigenvalue weighted by molar-refractivity contribution is 7.90. The third-order valence-corrected chi connectivity index (χ3v) is 4.17. The molecule has 0 heterocycles. The summed E-state index contributed by atoms with van der Waals surface area (Å²) in [5, 5.41) is 2.63. The maximum absolute atomic E-state index is 13.1. The first-order valence-corrected chi connectivity index (χ1v) is 9.40. The molecule has 0 aliphatic rings. The van der Waals surface area contributed by atoms with Crippen molar-refractivity contribution in [2.24, 2.45) is 5.73 Å². The fourth-order valence-corrected chi connectivity index (χ4v) is 2.50. The summed E-state index contributed by atoms with van der Waals surface area (Å²) >= 11 is 0. The van der Waals surface area contributed by atoms with Crippen LogP contribution in [0.15, 0.2) is 24.3 Å². The molecule has 0 spiro atoms. The number of hydrogen-bond acceptors (Lipinski definition) is 5. The molecule has 1 aromatic rings. The molecule has 8 heteroatoms. The van der Waals surface area contributed by atoms with E-state index in [4.69, 9.17) is 10.5 Å². The second-order valence-electron chi connectivity index (χ2n) is 5.38. The number of benzene rings is 1. The van der Waals surface area contributed by atoms with E-state index >= 15 is 0 Å². The zero-order valence-electron chi connectivity index (χ0n) is 13.3. The van der Waals surface area contributed by atoms with Crippen molar-refractivity contribution in [2.75, 3.05) is 18.6 Å². The van der Waals surface area contributed by atoms with E-state index in [0.717, 1.165) is 6.26 Å². The van der Waals surface area contributed by atoms with Crippen LogP contribution in [-0.2, 0) is 14.6 Å². The lowest BCUT2D eigenvalue weighted by Crippen LogP contribution is -2.45. The second kappa shape index (κ2) is 8.83. The van der Waals surface area contributed by atoms with E-state index < -0.39 is 27.6 Å². The molecule has 6 nitrogen and oxygen atoms in total. The Morgan fingerprint density at radius 3 is 2.70 bits per heavy atom. The zero-order valence-corrected chi connectivity index (χ0v) is 14.1. The lowest BCUT2D eigenvalue weighted by molar-refractivity contribution is -0.122. The van der Waals surface area contributed by atoms with Crippen LogP contribution in [0.1, 0.15) is 19.8 Å². The maximum Gasteiger partial charge on any atom is 0.237 e. The third kappa shape index (κ3) is 7.94. The molecule has 0 saturated heterocycles. The van der Waals surface area contributed by atoms with Crippen molar-refractivity contribution >= 4 is 15.7 Å². The lowest BCUT2D eigenvalue weighted by atomic mass is 10.2. The van der Waals surface area contributed by atoms with Crippen molar-refractivity contribution < 1.29 is 22.3 Å². The van der Waals surface area contributed by atoms with Gasteiger partial charge in [0.15, 0.2) is 0 Å². The van der Waals surface area contributed by atoms with Gasteiger partial charge in [-0.1, -0.05) is 13.0 Å². The summed E-state index contributed by atoms with van der Waals surface area (Å²) in [6.07, 6.45) is 1.43. The Labute approximate surface area is 136 Å². The van der Waals surface area contributed by atoms with Crippen LogP contribution in [0, 0.1) is 5.82 Å². The summed E-state index contributed by atoms with van der Waals surface area (Å²) in [5.74, 6) is -0.593. The summed E-state index contributed by atoms with van der Waals surface area (Å²) in [6.45, 7) is 2.08. The van der Waals surface area contributed by atoms with Gasteiger partial charge in [0.2, 0.25) is 5.91 Å². The molecule has 0 aliphatic heterocycles. The van der Waals surface area contributed by atoms with Gasteiger partial charge in [-0.25, -0.2) is 12.8 Å². The second-order valence-corrected chi connectivity index (χ2v) is 7.64. The predicted molar refractivity (Wildman–Crippen MR) is 86.4 cm³/mol. The van der Waals surface area contributed by atoms with Crippen LogP contribution in [0.2, 0.25) is 0 Å². The van der Waals surface area contributed by atoms with Crippen LogP contribution in [0.4, 0.5) is 4.39 Å². The predicted octanol–water partition coefficient (Wildman–Crippen LogP) is 0.861. The van der Waals surface area contributed by atoms with Crippen molar-refractivity contribution in [1.29, 1.82) is 0 Å². The van der Waals surface area contributed by atoms with Crippen LogP contribution in [-0.4, -0.2) is 45.0 Å². The highest BCUT2D eigenvalue weighted by Crippen LogP contribution is 2.14. The van der Waals surface area contributed by atoms with Gasteiger partial charge in [-0.05, 0) is 25.0 Å². The van der Waals surface area contributed by atoms with Gasteiger partial charge < -0.3 is 15.8 Å². The summed E-state index contributed by atoms with van der Waals surface area (Å²) in [6, 6.07) is 4.86. The minimum absolute atomic E-state index is 0.0617. The van der Waals surface area contributed by atoms with E-state index in [-0.39, 0.29) is 24.8 Å². The molecule has 1 rings (SSSR count). The fourth-order valence-electron chi connectivity index (χ4n) is 1.82. The SMILES string of the molecule is CCC(CNC(=O)C(N)CCS(C)(=O)=O)Oc1cccc(F)c1. The number of halogens is 1. The van der Waals surface area contributed by atoms with Crippen LogP contribution in [0.3, 0.4) is 0 Å². The lowest BCUT2D eigenvalue weighted by Gasteiger charge is -2.19. The minimum Gasteiger partial charge on any atom is -0.489 e. The molecule has 0 radical (unpaired) electrons. The van der Waals surface area contributed by atoms with Gasteiger partial charge in [-0.15, -0.1) is 0 Å². The van der Waals surface area contributed by atoms with Crippen molar-refractivity contribution in [1.82, 2.24) is 5.32 Å². The number of carbonyl (C=O) groups is 1. The summed E-state index contributed by atoms with van der Waals surface area (Å²) in [4.78, 5) is 11.8. The first-order chi connectivity index (χ1) is 10.7. The summed E-state index contributed by atoms with van der Waals surface area (Å²) in [5.41, 5.74) is 5.66. The van der Waals surface area contributed by atoms with Crippen LogP contribution < -0.4 is 15.8 Å². The Kier molecular flexibility index (Phi) is 7.44. The monoisotopic (exact) mass is 346 g/mol. The van der Waals surface area contributed by atoms with E-state index in [0.29, 0.717) is 12.2 Å². The van der Waals surface area contributed by atoms with Gasteiger partial charge in [0.1, 0.15) is 27.5 Å². The molecule has 1 aromatic carbocycles. The Morgan fingerprint density at radius 1 is 1.43 bits per heavy atom. The molecule has 3 N–H and O–H groups in total. The number of hydrogen-bond donors (Lipinski definition) is 2. The van der Waals surface area contributed by atoms with Gasteiger partial charge in [0.05, 0.1) is 18.3 Å². The number of rotatable bonds is 9. The van der Waals surface area contributed by atoms with Gasteiger partial charge >= 0.3 is 0 Å². The number of carbonyl (C=O) groups excluding carboxylic acids is 1. The third-order valence-electron chi connectivity index (χ3n) is 3.19. The van der Waals surface area contributed by atoms with Gasteiger partial charge in [-0.2, -0.15) is 0 Å². The number of amides is 1. The number of nitrogens with two attached hydrogens (primary N) is 1. The summed E-state index contributed by atoms with van der Waals surface area (Å²) in [7, 11) is -3.15. The van der Waals surface area contributed by atoms with Crippen molar-refractivity contribution in [3.05, 3.63) is 30.1 Å². The largest absolute Gasteiger partial charge is 0.489 e. The standard InChI is InChI=1S/C15H23FN2O4S/c1-3-12(22-13-6-4-5-11(16)9-13)10-18-15(19)14(17)7-8-23(2,20)21/h4-6,9,12,14H,3,7-8,10,17H2,1-2H3,(H,18,19). The zero-order chi connectivity index (χ0) is 17.5. The molecule has 130 valence electrons. The van der Waals surface area contributed by atoms with Crippen LogP contribution >= 0.6 is 0 Å². The highest BCUT2D eigenvalue weighted by Gasteiger charge is 2.17. The molecular weight excluding hydrogens is 323 g/mol. The maximum atomic E-state index is 13.1. The van der Waals surface area contributed by atoms with Gasteiger partial charge in [0.25, 0.3) is 0 Å². The van der Waals surface area contributed by atoms with Crippen molar-refractivity contribution in [3.8, 4) is 5.75 Å². The molecule has 1 amide bonds. The summed E-state index contributed by atoms with van der Waals surface area (Å²) < 4.78 is 40.8. The molecule has 0 aliphatic carbocycles. The Hall–Kier alpha value is -1.67.